The van der Waals surface area contributed by atoms with E-state index in [2.05, 4.69) is 17.3 Å². The summed E-state index contributed by atoms with van der Waals surface area (Å²) in [7, 11) is 2.08. The summed E-state index contributed by atoms with van der Waals surface area (Å²) in [5.74, 6) is -0.149. The number of aryl methyl sites for hydroxylation is 1. The van der Waals surface area contributed by atoms with Crippen LogP contribution >= 0.6 is 24.0 Å². The molecule has 0 spiro atoms. The van der Waals surface area contributed by atoms with Crippen molar-refractivity contribution in [3.63, 3.8) is 0 Å². The lowest BCUT2D eigenvalue weighted by Gasteiger charge is -2.33. The van der Waals surface area contributed by atoms with Crippen molar-refractivity contribution >= 4 is 53.1 Å². The molecule has 0 aliphatic carbocycles. The maximum Gasteiger partial charge on any atom is 0.258 e. The SMILES string of the molecule is Cc1ccccc1C(=O)Nc1ccc(C(=O)N2CCCC(CC(=O)N3CCN(C)CC3)c3cc(Cl)ccc32)cc1.Cl. The van der Waals surface area contributed by atoms with Gasteiger partial charge in [-0.05, 0) is 92.4 Å². The first kappa shape index (κ1) is 30.6. The Kier molecular flexibility index (Phi) is 10.1. The molecular weight excluding hydrogens is 559 g/mol. The fourth-order valence-electron chi connectivity index (χ4n) is 5.57. The summed E-state index contributed by atoms with van der Waals surface area (Å²) in [5, 5.41) is 3.51. The van der Waals surface area contributed by atoms with Gasteiger partial charge in [0.15, 0.2) is 0 Å². The van der Waals surface area contributed by atoms with Gasteiger partial charge < -0.3 is 20.0 Å². The van der Waals surface area contributed by atoms with Crippen LogP contribution < -0.4 is 10.2 Å². The number of rotatable bonds is 5. The summed E-state index contributed by atoms with van der Waals surface area (Å²) in [4.78, 5) is 45.6. The van der Waals surface area contributed by atoms with E-state index >= 15 is 0 Å². The number of fused-ring (bicyclic) bond motifs is 1. The van der Waals surface area contributed by atoms with Crippen molar-refractivity contribution in [2.24, 2.45) is 0 Å². The molecule has 1 atom stereocenters. The van der Waals surface area contributed by atoms with E-state index < -0.39 is 0 Å². The van der Waals surface area contributed by atoms with Gasteiger partial charge in [0.1, 0.15) is 0 Å². The Morgan fingerprint density at radius 1 is 0.927 bits per heavy atom. The van der Waals surface area contributed by atoms with Crippen LogP contribution in [-0.4, -0.2) is 67.3 Å². The van der Waals surface area contributed by atoms with Gasteiger partial charge in [-0.25, -0.2) is 0 Å². The summed E-state index contributed by atoms with van der Waals surface area (Å²) >= 11 is 6.41. The van der Waals surface area contributed by atoms with Gasteiger partial charge in [-0.2, -0.15) is 0 Å². The van der Waals surface area contributed by atoms with E-state index in [0.717, 1.165) is 55.8 Å². The highest BCUT2D eigenvalue weighted by Crippen LogP contribution is 2.39. The summed E-state index contributed by atoms with van der Waals surface area (Å²) < 4.78 is 0. The third-order valence-corrected chi connectivity index (χ3v) is 8.19. The molecule has 41 heavy (non-hydrogen) atoms. The minimum atomic E-state index is -0.187. The summed E-state index contributed by atoms with van der Waals surface area (Å²) in [6, 6.07) is 20.0. The first-order valence-corrected chi connectivity index (χ1v) is 14.2. The molecule has 5 rings (SSSR count). The minimum Gasteiger partial charge on any atom is -0.340 e. The average molecular weight is 596 g/mol. The highest BCUT2D eigenvalue weighted by atomic mass is 35.5. The molecule has 2 aliphatic heterocycles. The Labute approximate surface area is 252 Å². The molecule has 216 valence electrons. The molecule has 2 heterocycles. The topological polar surface area (TPSA) is 73.0 Å². The second kappa shape index (κ2) is 13.5. The summed E-state index contributed by atoms with van der Waals surface area (Å²) in [6.45, 7) is 5.71. The van der Waals surface area contributed by atoms with Gasteiger partial charge >= 0.3 is 0 Å². The van der Waals surface area contributed by atoms with Crippen LogP contribution in [0.1, 0.15) is 57.0 Å². The number of benzene rings is 3. The van der Waals surface area contributed by atoms with E-state index in [9.17, 15) is 14.4 Å². The Morgan fingerprint density at radius 2 is 1.63 bits per heavy atom. The molecule has 0 bridgehead atoms. The van der Waals surface area contributed by atoms with Gasteiger partial charge in [-0.3, -0.25) is 14.4 Å². The molecule has 1 unspecified atom stereocenters. The van der Waals surface area contributed by atoms with Crippen LogP contribution in [0.3, 0.4) is 0 Å². The Morgan fingerprint density at radius 3 is 2.34 bits per heavy atom. The fourth-order valence-corrected chi connectivity index (χ4v) is 5.75. The third kappa shape index (κ3) is 7.10. The second-order valence-electron chi connectivity index (χ2n) is 10.7. The van der Waals surface area contributed by atoms with Crippen LogP contribution in [0, 0.1) is 6.92 Å². The van der Waals surface area contributed by atoms with Gasteiger partial charge in [-0.15, -0.1) is 12.4 Å². The van der Waals surface area contributed by atoms with E-state index in [4.69, 9.17) is 11.6 Å². The predicted molar refractivity (Wildman–Crippen MR) is 167 cm³/mol. The van der Waals surface area contributed by atoms with Crippen molar-refractivity contribution in [2.75, 3.05) is 50.0 Å². The third-order valence-electron chi connectivity index (χ3n) is 7.96. The number of halogens is 2. The molecule has 9 heteroatoms. The molecule has 2 aliphatic rings. The van der Waals surface area contributed by atoms with Gasteiger partial charge in [0, 0.05) is 66.7 Å². The molecule has 7 nitrogen and oxygen atoms in total. The number of hydrogen-bond acceptors (Lipinski definition) is 4. The number of amides is 3. The van der Waals surface area contributed by atoms with Gasteiger partial charge in [0.2, 0.25) is 5.91 Å². The number of carbonyl (C=O) groups excluding carboxylic acids is 3. The van der Waals surface area contributed by atoms with E-state index in [1.165, 1.54) is 0 Å². The van der Waals surface area contributed by atoms with E-state index in [0.29, 0.717) is 34.8 Å². The molecule has 3 aromatic rings. The number of nitrogens with one attached hydrogen (secondary N) is 1. The Hall–Kier alpha value is -3.39. The van der Waals surface area contributed by atoms with Crippen molar-refractivity contribution in [3.8, 4) is 0 Å². The van der Waals surface area contributed by atoms with Crippen molar-refractivity contribution in [1.82, 2.24) is 9.80 Å². The maximum absolute atomic E-state index is 13.7. The van der Waals surface area contributed by atoms with Crippen molar-refractivity contribution in [3.05, 3.63) is 94.0 Å². The first-order valence-electron chi connectivity index (χ1n) is 13.8. The van der Waals surface area contributed by atoms with E-state index in [-0.39, 0.29) is 36.0 Å². The van der Waals surface area contributed by atoms with Crippen LogP contribution in [-0.2, 0) is 4.79 Å². The zero-order valence-electron chi connectivity index (χ0n) is 23.4. The highest BCUT2D eigenvalue weighted by Gasteiger charge is 2.30. The fraction of sp³-hybridized carbons (Fsp3) is 0.344. The monoisotopic (exact) mass is 594 g/mol. The van der Waals surface area contributed by atoms with E-state index in [1.807, 2.05) is 42.2 Å². The van der Waals surface area contributed by atoms with Gasteiger partial charge in [0.05, 0.1) is 0 Å². The standard InChI is InChI=1S/C32H35ClN4O3.ClH/c1-22-6-3-4-8-27(22)31(39)34-26-12-9-23(10-13-26)32(40)37-15-5-7-24(28-21-25(33)11-14-29(28)37)20-30(38)36-18-16-35(2)17-19-36;/h3-4,6,8-14,21,24H,5,7,15-20H2,1-2H3,(H,34,39);1H. The quantitative estimate of drug-likeness (QED) is 0.392. The molecule has 0 aromatic heterocycles. The van der Waals surface area contributed by atoms with Gasteiger partial charge in [-0.1, -0.05) is 29.8 Å². The molecular formula is C32H36Cl2N4O3. The first-order chi connectivity index (χ1) is 19.3. The average Bonchev–Trinajstić information content (AvgIpc) is 3.12. The second-order valence-corrected chi connectivity index (χ2v) is 11.2. The largest absolute Gasteiger partial charge is 0.340 e. The molecule has 3 aromatic carbocycles. The molecule has 0 radical (unpaired) electrons. The molecule has 1 fully saturated rings. The molecule has 1 N–H and O–H groups in total. The lowest BCUT2D eigenvalue weighted by molar-refractivity contribution is -0.133. The van der Waals surface area contributed by atoms with Crippen molar-refractivity contribution in [1.29, 1.82) is 0 Å². The highest BCUT2D eigenvalue weighted by molar-refractivity contribution is 6.30. The molecule has 3 amide bonds. The zero-order valence-corrected chi connectivity index (χ0v) is 25.0. The zero-order chi connectivity index (χ0) is 28.2. The van der Waals surface area contributed by atoms with Gasteiger partial charge in [0.25, 0.3) is 11.8 Å². The van der Waals surface area contributed by atoms with Crippen molar-refractivity contribution < 1.29 is 14.4 Å². The van der Waals surface area contributed by atoms with Crippen LogP contribution in [0.15, 0.2) is 66.7 Å². The molecule has 0 saturated carbocycles. The van der Waals surface area contributed by atoms with Crippen LogP contribution in [0.4, 0.5) is 11.4 Å². The van der Waals surface area contributed by atoms with Crippen LogP contribution in [0.2, 0.25) is 5.02 Å². The molecule has 1 saturated heterocycles. The number of hydrogen-bond donors (Lipinski definition) is 1. The smallest absolute Gasteiger partial charge is 0.258 e. The number of likely N-dealkylation sites (N-methyl/N-ethyl adjacent to an activating group) is 1. The number of nitrogens with zero attached hydrogens (tertiary/aromatic N) is 3. The lowest BCUT2D eigenvalue weighted by atomic mass is 9.90. The van der Waals surface area contributed by atoms with Crippen molar-refractivity contribution in [2.45, 2.75) is 32.1 Å². The maximum atomic E-state index is 13.7. The van der Waals surface area contributed by atoms with Crippen LogP contribution in [0.25, 0.3) is 0 Å². The minimum absolute atomic E-state index is 0. The number of carbonyl (C=O) groups is 3. The normalized spacial score (nSPS) is 17.2. The summed E-state index contributed by atoms with van der Waals surface area (Å²) in [5.41, 5.74) is 4.42. The number of piperazine rings is 1. The van der Waals surface area contributed by atoms with E-state index in [1.54, 1.807) is 41.3 Å². The lowest BCUT2D eigenvalue weighted by Crippen LogP contribution is -2.47. The summed E-state index contributed by atoms with van der Waals surface area (Å²) in [6.07, 6.45) is 2.00. The number of anilines is 2. The van der Waals surface area contributed by atoms with Crippen LogP contribution in [0.5, 0.6) is 0 Å². The predicted octanol–water partition coefficient (Wildman–Crippen LogP) is 6.01. The Balaban J connectivity index is 0.00000387. The Bertz CT molecular complexity index is 1400.